The van der Waals surface area contributed by atoms with Gasteiger partial charge >= 0.3 is 5.97 Å². The van der Waals surface area contributed by atoms with Crippen LogP contribution in [0.2, 0.25) is 0 Å². The van der Waals surface area contributed by atoms with E-state index in [-0.39, 0.29) is 12.5 Å². The summed E-state index contributed by atoms with van der Waals surface area (Å²) in [6.45, 7) is 3.60. The third-order valence-electron chi connectivity index (χ3n) is 5.35. The van der Waals surface area contributed by atoms with E-state index < -0.39 is 17.3 Å². The van der Waals surface area contributed by atoms with Crippen molar-refractivity contribution in [2.24, 2.45) is 11.3 Å². The number of fused-ring (bicyclic) bond motifs is 1. The third-order valence-corrected chi connectivity index (χ3v) is 5.35. The highest BCUT2D eigenvalue weighted by atomic mass is 16.4. The van der Waals surface area contributed by atoms with E-state index in [9.17, 15) is 14.7 Å². The van der Waals surface area contributed by atoms with Crippen molar-refractivity contribution >= 4 is 11.9 Å². The van der Waals surface area contributed by atoms with Crippen LogP contribution in [-0.4, -0.2) is 51.3 Å². The van der Waals surface area contributed by atoms with Gasteiger partial charge in [0.2, 0.25) is 5.91 Å². The first-order valence-electron chi connectivity index (χ1n) is 8.34. The van der Waals surface area contributed by atoms with E-state index in [1.807, 2.05) is 48.1 Å². The van der Waals surface area contributed by atoms with E-state index in [1.54, 1.807) is 0 Å². The largest absolute Gasteiger partial charge is 0.481 e. The smallest absolute Gasteiger partial charge is 0.313 e. The van der Waals surface area contributed by atoms with Gasteiger partial charge in [-0.05, 0) is 19.1 Å². The normalized spacial score (nSPS) is 25.8. The number of hydrogen-bond donors (Lipinski definition) is 2. The van der Waals surface area contributed by atoms with Crippen LogP contribution < -0.4 is 5.32 Å². The molecule has 2 aliphatic heterocycles. The Bertz CT molecular complexity index is 832. The molecule has 0 saturated carbocycles. The number of hydrogen-bond acceptors (Lipinski definition) is 4. The molecule has 2 aromatic rings. The van der Waals surface area contributed by atoms with Gasteiger partial charge in [0.1, 0.15) is 5.41 Å². The topological polar surface area (TPSA) is 87.5 Å². The molecule has 0 bridgehead atoms. The van der Waals surface area contributed by atoms with E-state index in [2.05, 4.69) is 15.3 Å². The maximum absolute atomic E-state index is 12.0. The van der Waals surface area contributed by atoms with Gasteiger partial charge in [-0.2, -0.15) is 5.10 Å². The zero-order valence-corrected chi connectivity index (χ0v) is 14.0. The summed E-state index contributed by atoms with van der Waals surface area (Å²) in [6.07, 6.45) is 1.98. The lowest BCUT2D eigenvalue weighted by molar-refractivity contribution is -0.149. The molecule has 0 radical (unpaired) electrons. The first kappa shape index (κ1) is 15.8. The van der Waals surface area contributed by atoms with Crippen molar-refractivity contribution in [1.82, 2.24) is 20.0 Å². The Morgan fingerprint density at radius 2 is 2.16 bits per heavy atom. The molecular formula is C18H20N4O3. The van der Waals surface area contributed by atoms with E-state index in [0.29, 0.717) is 19.6 Å². The fourth-order valence-electron chi connectivity index (χ4n) is 3.91. The number of nitrogens with zero attached hydrogens (tertiary/aromatic N) is 3. The third kappa shape index (κ3) is 2.51. The molecule has 2 aliphatic rings. The second-order valence-electron chi connectivity index (χ2n) is 6.92. The van der Waals surface area contributed by atoms with Gasteiger partial charge in [0.15, 0.2) is 0 Å². The Morgan fingerprint density at radius 3 is 2.84 bits per heavy atom. The number of aryl methyl sites for hydroxylation is 1. The number of carboxylic acid groups (broad SMARTS) is 1. The molecule has 7 nitrogen and oxygen atoms in total. The Labute approximate surface area is 145 Å². The van der Waals surface area contributed by atoms with Crippen LogP contribution in [0.4, 0.5) is 0 Å². The number of aliphatic carboxylic acids is 1. The van der Waals surface area contributed by atoms with Gasteiger partial charge in [0.25, 0.3) is 0 Å². The highest BCUT2D eigenvalue weighted by Gasteiger charge is 2.59. The number of likely N-dealkylation sites (tertiary alicyclic amines) is 1. The van der Waals surface area contributed by atoms with Crippen molar-refractivity contribution in [2.75, 3.05) is 19.6 Å². The molecule has 0 aliphatic carbocycles. The van der Waals surface area contributed by atoms with E-state index in [0.717, 1.165) is 16.9 Å². The summed E-state index contributed by atoms with van der Waals surface area (Å²) in [5.41, 5.74) is 1.94. The molecule has 2 N–H and O–H groups in total. The Morgan fingerprint density at radius 1 is 1.40 bits per heavy atom. The van der Waals surface area contributed by atoms with Crippen LogP contribution >= 0.6 is 0 Å². The summed E-state index contributed by atoms with van der Waals surface area (Å²) in [4.78, 5) is 25.8. The van der Waals surface area contributed by atoms with Crippen molar-refractivity contribution in [3.05, 3.63) is 47.8 Å². The number of amides is 1. The number of carbonyl (C=O) groups excluding carboxylic acids is 1. The quantitative estimate of drug-likeness (QED) is 0.860. The standard InChI is InChI=1S/C18H20N4O3/c1-12-13(8-22(20-12)14-5-3-2-4-6-14)7-21-9-15-16(23)19-10-18(15,11-21)17(24)25/h2-6,8,15H,7,9-11H2,1H3,(H,19,23)(H,24,25)/t15-,18+/m1/s1. The molecule has 0 spiro atoms. The van der Waals surface area contributed by atoms with Gasteiger partial charge < -0.3 is 10.4 Å². The summed E-state index contributed by atoms with van der Waals surface area (Å²) in [5.74, 6) is -1.52. The lowest BCUT2D eigenvalue weighted by Crippen LogP contribution is -2.40. The van der Waals surface area contributed by atoms with Crippen molar-refractivity contribution in [2.45, 2.75) is 13.5 Å². The van der Waals surface area contributed by atoms with Gasteiger partial charge in [-0.1, -0.05) is 18.2 Å². The molecule has 2 atom stereocenters. The fraction of sp³-hybridized carbons (Fsp3) is 0.389. The number of carboxylic acids is 1. The maximum atomic E-state index is 12.0. The first-order valence-corrected chi connectivity index (χ1v) is 8.34. The van der Waals surface area contributed by atoms with E-state index >= 15 is 0 Å². The number of para-hydroxylation sites is 1. The minimum atomic E-state index is -1.000. The van der Waals surface area contributed by atoms with Crippen LogP contribution in [0, 0.1) is 18.3 Å². The van der Waals surface area contributed by atoms with Crippen LogP contribution in [0.25, 0.3) is 5.69 Å². The zero-order chi connectivity index (χ0) is 17.6. The van der Waals surface area contributed by atoms with Crippen LogP contribution in [0.15, 0.2) is 36.5 Å². The van der Waals surface area contributed by atoms with Crippen LogP contribution in [0.1, 0.15) is 11.3 Å². The Balaban J connectivity index is 1.55. The lowest BCUT2D eigenvalue weighted by atomic mass is 9.81. The highest BCUT2D eigenvalue weighted by Crippen LogP contribution is 2.40. The number of benzene rings is 1. The fourth-order valence-corrected chi connectivity index (χ4v) is 3.91. The number of carbonyl (C=O) groups is 2. The highest BCUT2D eigenvalue weighted by molar-refractivity contribution is 5.92. The molecule has 3 heterocycles. The van der Waals surface area contributed by atoms with Crippen molar-refractivity contribution in [3.8, 4) is 5.69 Å². The molecular weight excluding hydrogens is 320 g/mol. The Hall–Kier alpha value is -2.67. The Kier molecular flexibility index (Phi) is 3.61. The molecule has 1 amide bonds. The minimum absolute atomic E-state index is 0.151. The molecule has 2 saturated heterocycles. The van der Waals surface area contributed by atoms with Crippen LogP contribution in [0.3, 0.4) is 0 Å². The summed E-state index contributed by atoms with van der Waals surface area (Å²) in [6, 6.07) is 9.85. The monoisotopic (exact) mass is 340 g/mol. The second kappa shape index (κ2) is 5.70. The molecule has 1 aromatic heterocycles. The van der Waals surface area contributed by atoms with Crippen molar-refractivity contribution < 1.29 is 14.7 Å². The zero-order valence-electron chi connectivity index (χ0n) is 14.0. The molecule has 25 heavy (non-hydrogen) atoms. The number of aromatic nitrogens is 2. The van der Waals surface area contributed by atoms with Crippen LogP contribution in [0.5, 0.6) is 0 Å². The summed E-state index contributed by atoms with van der Waals surface area (Å²) in [5, 5.41) is 16.9. The molecule has 1 aromatic carbocycles. The van der Waals surface area contributed by atoms with Crippen LogP contribution in [-0.2, 0) is 16.1 Å². The lowest BCUT2D eigenvalue weighted by Gasteiger charge is -2.21. The summed E-state index contributed by atoms with van der Waals surface area (Å²) < 4.78 is 1.83. The molecule has 0 unspecified atom stereocenters. The molecule has 130 valence electrons. The van der Waals surface area contributed by atoms with Gasteiger partial charge in [0, 0.05) is 37.9 Å². The molecule has 2 fully saturated rings. The second-order valence-corrected chi connectivity index (χ2v) is 6.92. The predicted molar refractivity (Wildman–Crippen MR) is 90.1 cm³/mol. The first-order chi connectivity index (χ1) is 12.0. The predicted octanol–water partition coefficient (Wildman–Crippen LogP) is 0.813. The molecule has 7 heteroatoms. The van der Waals surface area contributed by atoms with Gasteiger partial charge in [-0.15, -0.1) is 0 Å². The summed E-state index contributed by atoms with van der Waals surface area (Å²) >= 11 is 0. The van der Waals surface area contributed by atoms with Gasteiger partial charge in [0.05, 0.1) is 17.3 Å². The summed E-state index contributed by atoms with van der Waals surface area (Å²) in [7, 11) is 0. The van der Waals surface area contributed by atoms with E-state index in [4.69, 9.17) is 0 Å². The SMILES string of the molecule is Cc1nn(-c2ccccc2)cc1CN1C[C@@H]2C(=O)NC[C@]2(C(=O)O)C1. The van der Waals surface area contributed by atoms with Gasteiger partial charge in [-0.3, -0.25) is 14.5 Å². The van der Waals surface area contributed by atoms with Gasteiger partial charge in [-0.25, -0.2) is 4.68 Å². The minimum Gasteiger partial charge on any atom is -0.481 e. The van der Waals surface area contributed by atoms with Crippen molar-refractivity contribution in [3.63, 3.8) is 0 Å². The molecule has 4 rings (SSSR count). The van der Waals surface area contributed by atoms with Crippen molar-refractivity contribution in [1.29, 1.82) is 0 Å². The maximum Gasteiger partial charge on any atom is 0.313 e. The van der Waals surface area contributed by atoms with E-state index in [1.165, 1.54) is 0 Å². The number of rotatable bonds is 4. The average molecular weight is 340 g/mol. The number of nitrogens with one attached hydrogen (secondary N) is 1. The average Bonchev–Trinajstić information content (AvgIpc) is 3.24.